The largest absolute Gasteiger partial charge is 0.396 e. The maximum Gasteiger partial charge on any atom is 0.0446 e. The Bertz CT molecular complexity index is 325. The highest BCUT2D eigenvalue weighted by atomic mass is 16.3. The zero-order chi connectivity index (χ0) is 16.8. The van der Waals surface area contributed by atoms with Crippen LogP contribution in [-0.4, -0.2) is 83.3 Å². The SMILES string of the molecule is CCC(CC)N1CCN(C2CCN(C(C)C)CC2)[C@H](CCO)C1. The monoisotopic (exact) mass is 325 g/mol. The van der Waals surface area contributed by atoms with E-state index in [4.69, 9.17) is 0 Å². The first kappa shape index (κ1) is 19.2. The molecule has 2 heterocycles. The first-order chi connectivity index (χ1) is 11.1. The van der Waals surface area contributed by atoms with Crippen molar-refractivity contribution in [2.75, 3.05) is 39.3 Å². The molecule has 1 N–H and O–H groups in total. The van der Waals surface area contributed by atoms with Gasteiger partial charge in [0.05, 0.1) is 0 Å². The molecule has 0 aromatic rings. The molecule has 23 heavy (non-hydrogen) atoms. The first-order valence-electron chi connectivity index (χ1n) is 9.95. The summed E-state index contributed by atoms with van der Waals surface area (Å²) in [6.45, 7) is 15.6. The average molecular weight is 326 g/mol. The van der Waals surface area contributed by atoms with Gasteiger partial charge in [0.2, 0.25) is 0 Å². The summed E-state index contributed by atoms with van der Waals surface area (Å²) in [5, 5.41) is 9.54. The van der Waals surface area contributed by atoms with Crippen LogP contribution in [0, 0.1) is 0 Å². The molecule has 2 rings (SSSR count). The first-order valence-corrected chi connectivity index (χ1v) is 9.95. The Morgan fingerprint density at radius 1 is 0.957 bits per heavy atom. The molecule has 2 aliphatic heterocycles. The van der Waals surface area contributed by atoms with Gasteiger partial charge in [0, 0.05) is 50.4 Å². The summed E-state index contributed by atoms with van der Waals surface area (Å²) in [6.07, 6.45) is 6.02. The van der Waals surface area contributed by atoms with Crippen molar-refractivity contribution < 1.29 is 5.11 Å². The van der Waals surface area contributed by atoms with Gasteiger partial charge in [0.15, 0.2) is 0 Å². The molecule has 0 spiro atoms. The van der Waals surface area contributed by atoms with Gasteiger partial charge in [-0.15, -0.1) is 0 Å². The van der Waals surface area contributed by atoms with Gasteiger partial charge in [-0.05, 0) is 59.0 Å². The quantitative estimate of drug-likeness (QED) is 0.778. The lowest BCUT2D eigenvalue weighted by Gasteiger charge is -2.49. The summed E-state index contributed by atoms with van der Waals surface area (Å²) in [7, 11) is 0. The Morgan fingerprint density at radius 3 is 2.13 bits per heavy atom. The van der Waals surface area contributed by atoms with Crippen LogP contribution in [0.2, 0.25) is 0 Å². The van der Waals surface area contributed by atoms with E-state index in [0.717, 1.165) is 25.0 Å². The third kappa shape index (κ3) is 4.91. The number of rotatable bonds is 7. The van der Waals surface area contributed by atoms with Crippen molar-refractivity contribution in [3.63, 3.8) is 0 Å². The topological polar surface area (TPSA) is 30.0 Å². The predicted octanol–water partition coefficient (Wildman–Crippen LogP) is 2.42. The fourth-order valence-electron chi connectivity index (χ4n) is 4.65. The summed E-state index contributed by atoms with van der Waals surface area (Å²) in [6, 6.07) is 2.67. The molecule has 2 fully saturated rings. The summed E-state index contributed by atoms with van der Waals surface area (Å²) < 4.78 is 0. The fourth-order valence-corrected chi connectivity index (χ4v) is 4.65. The van der Waals surface area contributed by atoms with E-state index in [-0.39, 0.29) is 0 Å². The molecule has 0 saturated carbocycles. The number of aliphatic hydroxyl groups is 1. The highest BCUT2D eigenvalue weighted by molar-refractivity contribution is 4.91. The second-order valence-corrected chi connectivity index (χ2v) is 7.73. The predicted molar refractivity (Wildman–Crippen MR) is 97.9 cm³/mol. The Hall–Kier alpha value is -0.160. The van der Waals surface area contributed by atoms with Crippen molar-refractivity contribution in [1.82, 2.24) is 14.7 Å². The van der Waals surface area contributed by atoms with Crippen LogP contribution >= 0.6 is 0 Å². The fraction of sp³-hybridized carbons (Fsp3) is 1.00. The molecule has 0 aliphatic carbocycles. The summed E-state index contributed by atoms with van der Waals surface area (Å²) in [5.74, 6) is 0. The maximum atomic E-state index is 9.54. The number of likely N-dealkylation sites (tertiary alicyclic amines) is 1. The number of piperazine rings is 1. The van der Waals surface area contributed by atoms with Crippen LogP contribution in [0.3, 0.4) is 0 Å². The molecule has 136 valence electrons. The molecular formula is C19H39N3O. The van der Waals surface area contributed by atoms with Crippen LogP contribution in [0.1, 0.15) is 59.8 Å². The summed E-state index contributed by atoms with van der Waals surface area (Å²) >= 11 is 0. The Balaban J connectivity index is 1.94. The van der Waals surface area contributed by atoms with Crippen molar-refractivity contribution in [3.8, 4) is 0 Å². The maximum absolute atomic E-state index is 9.54. The molecule has 2 aliphatic rings. The molecule has 4 nitrogen and oxygen atoms in total. The van der Waals surface area contributed by atoms with Gasteiger partial charge in [0.1, 0.15) is 0 Å². The molecule has 0 aromatic carbocycles. The molecule has 0 radical (unpaired) electrons. The van der Waals surface area contributed by atoms with Gasteiger partial charge in [-0.3, -0.25) is 9.80 Å². The van der Waals surface area contributed by atoms with E-state index in [1.807, 2.05) is 0 Å². The van der Waals surface area contributed by atoms with Gasteiger partial charge in [-0.2, -0.15) is 0 Å². The van der Waals surface area contributed by atoms with Gasteiger partial charge >= 0.3 is 0 Å². The highest BCUT2D eigenvalue weighted by Crippen LogP contribution is 2.25. The van der Waals surface area contributed by atoms with Crippen molar-refractivity contribution in [3.05, 3.63) is 0 Å². The second kappa shape index (κ2) is 9.36. The van der Waals surface area contributed by atoms with Crippen molar-refractivity contribution in [2.45, 2.75) is 84.0 Å². The van der Waals surface area contributed by atoms with Crippen LogP contribution < -0.4 is 0 Å². The second-order valence-electron chi connectivity index (χ2n) is 7.73. The third-order valence-electron chi connectivity index (χ3n) is 6.18. The van der Waals surface area contributed by atoms with E-state index < -0.39 is 0 Å². The number of hydrogen-bond donors (Lipinski definition) is 1. The van der Waals surface area contributed by atoms with Crippen LogP contribution in [0.15, 0.2) is 0 Å². The Kier molecular flexibility index (Phi) is 7.80. The zero-order valence-electron chi connectivity index (χ0n) is 15.9. The van der Waals surface area contributed by atoms with E-state index in [1.165, 1.54) is 51.9 Å². The van der Waals surface area contributed by atoms with Gasteiger partial charge in [-0.25, -0.2) is 0 Å². The van der Waals surface area contributed by atoms with E-state index in [9.17, 15) is 5.11 Å². The van der Waals surface area contributed by atoms with E-state index in [1.54, 1.807) is 0 Å². The molecule has 0 amide bonds. The normalized spacial score (nSPS) is 26.5. The zero-order valence-corrected chi connectivity index (χ0v) is 15.9. The Labute approximate surface area is 143 Å². The molecular weight excluding hydrogens is 286 g/mol. The third-order valence-corrected chi connectivity index (χ3v) is 6.18. The molecule has 2 saturated heterocycles. The van der Waals surface area contributed by atoms with Gasteiger partial charge in [0.25, 0.3) is 0 Å². The Morgan fingerprint density at radius 2 is 1.61 bits per heavy atom. The number of nitrogens with zero attached hydrogens (tertiary/aromatic N) is 3. The molecule has 0 unspecified atom stereocenters. The minimum Gasteiger partial charge on any atom is -0.396 e. The van der Waals surface area contributed by atoms with Crippen LogP contribution in [0.5, 0.6) is 0 Å². The summed E-state index contributed by atoms with van der Waals surface area (Å²) in [4.78, 5) is 8.03. The minimum absolute atomic E-state index is 0.322. The van der Waals surface area contributed by atoms with Crippen LogP contribution in [0.25, 0.3) is 0 Å². The molecule has 0 bridgehead atoms. The minimum atomic E-state index is 0.322. The van der Waals surface area contributed by atoms with Crippen molar-refractivity contribution in [2.24, 2.45) is 0 Å². The van der Waals surface area contributed by atoms with Crippen molar-refractivity contribution in [1.29, 1.82) is 0 Å². The molecule has 1 atom stereocenters. The summed E-state index contributed by atoms with van der Waals surface area (Å²) in [5.41, 5.74) is 0. The van der Waals surface area contributed by atoms with Gasteiger partial charge < -0.3 is 10.0 Å². The lowest BCUT2D eigenvalue weighted by Crippen LogP contribution is -2.60. The van der Waals surface area contributed by atoms with Crippen LogP contribution in [0.4, 0.5) is 0 Å². The lowest BCUT2D eigenvalue weighted by atomic mass is 9.96. The van der Waals surface area contributed by atoms with E-state index in [2.05, 4.69) is 42.4 Å². The smallest absolute Gasteiger partial charge is 0.0446 e. The van der Waals surface area contributed by atoms with E-state index in [0.29, 0.717) is 18.7 Å². The van der Waals surface area contributed by atoms with E-state index >= 15 is 0 Å². The van der Waals surface area contributed by atoms with Gasteiger partial charge in [-0.1, -0.05) is 13.8 Å². The average Bonchev–Trinajstić information content (AvgIpc) is 2.57. The van der Waals surface area contributed by atoms with Crippen molar-refractivity contribution >= 4 is 0 Å². The standard InChI is InChI=1S/C19H39N3O/c1-5-17(6-2)21-12-13-22(19(15-21)9-14-23)18-7-10-20(11-8-18)16(3)4/h16-19,23H,5-15H2,1-4H3/t19-/m1/s1. The number of piperidine rings is 1. The number of aliphatic hydroxyl groups excluding tert-OH is 1. The molecule has 0 aromatic heterocycles. The lowest BCUT2D eigenvalue weighted by molar-refractivity contribution is -0.0118. The number of hydrogen-bond acceptors (Lipinski definition) is 4. The molecule has 4 heteroatoms. The highest BCUT2D eigenvalue weighted by Gasteiger charge is 2.35. The van der Waals surface area contributed by atoms with Crippen LogP contribution in [-0.2, 0) is 0 Å².